The number of rotatable bonds is 7. The zero-order valence-corrected chi connectivity index (χ0v) is 18.6. The summed E-state index contributed by atoms with van der Waals surface area (Å²) in [4.78, 5) is 53.4. The van der Waals surface area contributed by atoms with Crippen molar-refractivity contribution in [3.63, 3.8) is 0 Å². The Morgan fingerprint density at radius 3 is 2.41 bits per heavy atom. The zero-order valence-electron chi connectivity index (χ0n) is 18.6. The number of ketones is 1. The number of nitrogens with one attached hydrogen (secondary N) is 1. The standard InChI is InChI=1S/C23H25N3O6/c1-6-11-26-21(28)16-10-8-7-9-15(16)19(25-26)23(30)32-14(4)20(27)18-12(2)17(13(3)24-18)22(29)31-5/h7-10,14,24H,6,11H2,1-5H3. The van der Waals surface area contributed by atoms with Gasteiger partial charge in [-0.15, -0.1) is 0 Å². The number of H-pyrrole nitrogens is 1. The second kappa shape index (κ2) is 9.17. The number of nitrogens with zero attached hydrogens (tertiary/aromatic N) is 2. The predicted octanol–water partition coefficient (Wildman–Crippen LogP) is 2.97. The lowest BCUT2D eigenvalue weighted by Crippen LogP contribution is -2.29. The molecule has 0 aliphatic heterocycles. The van der Waals surface area contributed by atoms with Crippen LogP contribution in [0.4, 0.5) is 0 Å². The fraction of sp³-hybridized carbons (Fsp3) is 0.348. The molecule has 9 heteroatoms. The van der Waals surface area contributed by atoms with Crippen LogP contribution in [0.5, 0.6) is 0 Å². The van der Waals surface area contributed by atoms with Crippen molar-refractivity contribution in [1.29, 1.82) is 0 Å². The summed E-state index contributed by atoms with van der Waals surface area (Å²) in [5, 5.41) is 4.90. The average Bonchev–Trinajstić information content (AvgIpc) is 3.08. The predicted molar refractivity (Wildman–Crippen MR) is 117 cm³/mol. The zero-order chi connectivity index (χ0) is 23.6. The van der Waals surface area contributed by atoms with E-state index in [0.29, 0.717) is 35.0 Å². The molecule has 3 aromatic rings. The van der Waals surface area contributed by atoms with Gasteiger partial charge >= 0.3 is 11.9 Å². The molecule has 0 aliphatic rings. The van der Waals surface area contributed by atoms with E-state index in [9.17, 15) is 19.2 Å². The van der Waals surface area contributed by atoms with Gasteiger partial charge in [-0.25, -0.2) is 14.3 Å². The highest BCUT2D eigenvalue weighted by Gasteiger charge is 2.28. The highest BCUT2D eigenvalue weighted by Crippen LogP contribution is 2.22. The van der Waals surface area contributed by atoms with Crippen molar-refractivity contribution in [3.05, 3.63) is 62.8 Å². The molecule has 168 valence electrons. The Balaban J connectivity index is 1.94. The van der Waals surface area contributed by atoms with Gasteiger partial charge in [0.15, 0.2) is 11.8 Å². The normalized spacial score (nSPS) is 11.9. The van der Waals surface area contributed by atoms with Gasteiger partial charge in [0, 0.05) is 17.6 Å². The number of aryl methyl sites for hydroxylation is 2. The van der Waals surface area contributed by atoms with E-state index in [1.807, 2.05) is 6.92 Å². The number of aromatic amines is 1. The molecule has 1 N–H and O–H groups in total. The molecule has 32 heavy (non-hydrogen) atoms. The first-order valence-electron chi connectivity index (χ1n) is 10.2. The topological polar surface area (TPSA) is 120 Å². The minimum atomic E-state index is -1.16. The Morgan fingerprint density at radius 2 is 1.78 bits per heavy atom. The number of Topliss-reactive ketones (excluding diaryl/α,β-unsaturated/α-hetero) is 1. The summed E-state index contributed by atoms with van der Waals surface area (Å²) in [6, 6.07) is 6.63. The van der Waals surface area contributed by atoms with Gasteiger partial charge in [0.2, 0.25) is 5.78 Å². The van der Waals surface area contributed by atoms with Crippen LogP contribution >= 0.6 is 0 Å². The number of fused-ring (bicyclic) bond motifs is 1. The van der Waals surface area contributed by atoms with E-state index < -0.39 is 23.8 Å². The Morgan fingerprint density at radius 1 is 1.12 bits per heavy atom. The van der Waals surface area contributed by atoms with Crippen molar-refractivity contribution >= 4 is 28.5 Å². The molecule has 2 heterocycles. The minimum absolute atomic E-state index is 0.0389. The molecule has 0 fully saturated rings. The van der Waals surface area contributed by atoms with Crippen molar-refractivity contribution in [3.8, 4) is 0 Å². The van der Waals surface area contributed by atoms with Crippen molar-refractivity contribution in [1.82, 2.24) is 14.8 Å². The monoisotopic (exact) mass is 439 g/mol. The first-order valence-corrected chi connectivity index (χ1v) is 10.2. The molecule has 3 rings (SSSR count). The summed E-state index contributed by atoms with van der Waals surface area (Å²) in [5.41, 5.74) is 1.00. The lowest BCUT2D eigenvalue weighted by atomic mass is 10.1. The SMILES string of the molecule is CCCn1nc(C(=O)OC(C)C(=O)c2[nH]c(C)c(C(=O)OC)c2C)c2ccccc2c1=O. The molecule has 1 unspecified atom stereocenters. The lowest BCUT2D eigenvalue weighted by Gasteiger charge is -2.14. The van der Waals surface area contributed by atoms with Gasteiger partial charge < -0.3 is 14.5 Å². The molecule has 0 saturated carbocycles. The Hall–Kier alpha value is -3.75. The second-order valence-electron chi connectivity index (χ2n) is 7.45. The van der Waals surface area contributed by atoms with Gasteiger partial charge in [0.1, 0.15) is 0 Å². The first kappa shape index (κ1) is 22.9. The molecule has 0 spiro atoms. The highest BCUT2D eigenvalue weighted by molar-refractivity contribution is 6.06. The third-order valence-corrected chi connectivity index (χ3v) is 5.22. The Labute approximate surface area is 184 Å². The van der Waals surface area contributed by atoms with Crippen LogP contribution < -0.4 is 5.56 Å². The fourth-order valence-corrected chi connectivity index (χ4v) is 3.63. The number of benzene rings is 1. The molecule has 1 atom stereocenters. The largest absolute Gasteiger partial charge is 0.465 e. The molecule has 0 bridgehead atoms. The molecule has 9 nitrogen and oxygen atoms in total. The number of aromatic nitrogens is 3. The fourth-order valence-electron chi connectivity index (χ4n) is 3.63. The summed E-state index contributed by atoms with van der Waals surface area (Å²) < 4.78 is 11.4. The van der Waals surface area contributed by atoms with Gasteiger partial charge in [0.05, 0.1) is 23.8 Å². The van der Waals surface area contributed by atoms with Crippen LogP contribution in [0.15, 0.2) is 29.1 Å². The van der Waals surface area contributed by atoms with Gasteiger partial charge in [0.25, 0.3) is 5.56 Å². The molecule has 0 amide bonds. The van der Waals surface area contributed by atoms with E-state index in [1.165, 1.54) is 18.7 Å². The number of hydrogen-bond acceptors (Lipinski definition) is 7. The maximum Gasteiger partial charge on any atom is 0.360 e. The van der Waals surface area contributed by atoms with E-state index in [2.05, 4.69) is 10.1 Å². The summed E-state index contributed by atoms with van der Waals surface area (Å²) in [7, 11) is 1.26. The van der Waals surface area contributed by atoms with E-state index in [-0.39, 0.29) is 22.5 Å². The van der Waals surface area contributed by atoms with Crippen molar-refractivity contribution < 1.29 is 23.9 Å². The number of carbonyl (C=O) groups is 3. The Bertz CT molecular complexity index is 1270. The third kappa shape index (κ3) is 4.05. The number of ether oxygens (including phenoxy) is 2. The van der Waals surface area contributed by atoms with Crippen molar-refractivity contribution in [2.24, 2.45) is 0 Å². The molecule has 0 saturated heterocycles. The highest BCUT2D eigenvalue weighted by atomic mass is 16.5. The van der Waals surface area contributed by atoms with E-state index >= 15 is 0 Å². The molecule has 0 aliphatic carbocycles. The average molecular weight is 439 g/mol. The van der Waals surface area contributed by atoms with Crippen LogP contribution in [0.3, 0.4) is 0 Å². The van der Waals surface area contributed by atoms with Crippen LogP contribution in [-0.2, 0) is 16.0 Å². The van der Waals surface area contributed by atoms with E-state index in [0.717, 1.165) is 0 Å². The smallest absolute Gasteiger partial charge is 0.360 e. The van der Waals surface area contributed by atoms with Crippen LogP contribution in [0, 0.1) is 13.8 Å². The van der Waals surface area contributed by atoms with Gasteiger partial charge in [-0.05, 0) is 38.8 Å². The van der Waals surface area contributed by atoms with Crippen LogP contribution in [0.25, 0.3) is 10.8 Å². The number of carbonyl (C=O) groups excluding carboxylic acids is 3. The summed E-state index contributed by atoms with van der Waals surface area (Å²) in [5.74, 6) is -1.88. The van der Waals surface area contributed by atoms with Crippen molar-refractivity contribution in [2.75, 3.05) is 7.11 Å². The summed E-state index contributed by atoms with van der Waals surface area (Å²) in [6.45, 7) is 6.95. The maximum absolute atomic E-state index is 13.0. The number of esters is 2. The van der Waals surface area contributed by atoms with Crippen molar-refractivity contribution in [2.45, 2.75) is 46.8 Å². The molecule has 1 aromatic carbocycles. The Kier molecular flexibility index (Phi) is 6.57. The van der Waals surface area contributed by atoms with E-state index in [4.69, 9.17) is 9.47 Å². The van der Waals surface area contributed by atoms with Gasteiger partial charge in [-0.1, -0.05) is 25.1 Å². The lowest BCUT2D eigenvalue weighted by molar-refractivity contribution is 0.0310. The van der Waals surface area contributed by atoms with E-state index in [1.54, 1.807) is 38.1 Å². The second-order valence-corrected chi connectivity index (χ2v) is 7.45. The third-order valence-electron chi connectivity index (χ3n) is 5.22. The maximum atomic E-state index is 13.0. The van der Waals surface area contributed by atoms with Crippen LogP contribution in [0.1, 0.15) is 62.9 Å². The van der Waals surface area contributed by atoms with Crippen LogP contribution in [0.2, 0.25) is 0 Å². The summed E-state index contributed by atoms with van der Waals surface area (Å²) in [6.07, 6.45) is -0.500. The summed E-state index contributed by atoms with van der Waals surface area (Å²) >= 11 is 0. The number of hydrogen-bond donors (Lipinski definition) is 1. The quantitative estimate of drug-likeness (QED) is 0.444. The number of methoxy groups -OCH3 is 1. The molecular formula is C23H25N3O6. The first-order chi connectivity index (χ1) is 15.2. The van der Waals surface area contributed by atoms with Gasteiger partial charge in [-0.2, -0.15) is 5.10 Å². The minimum Gasteiger partial charge on any atom is -0.465 e. The van der Waals surface area contributed by atoms with Gasteiger partial charge in [-0.3, -0.25) is 9.59 Å². The van der Waals surface area contributed by atoms with Crippen LogP contribution in [-0.4, -0.2) is 45.7 Å². The molecule has 0 radical (unpaired) electrons. The molecule has 2 aromatic heterocycles. The molecular weight excluding hydrogens is 414 g/mol.